The van der Waals surface area contributed by atoms with Crippen LogP contribution in [-0.4, -0.2) is 38.1 Å². The molecule has 1 saturated heterocycles. The van der Waals surface area contributed by atoms with E-state index in [1.165, 1.54) is 49.2 Å². The molecule has 2 aliphatic rings. The average Bonchev–Trinajstić information content (AvgIpc) is 2.81. The highest BCUT2D eigenvalue weighted by Gasteiger charge is 2.25. The third kappa shape index (κ3) is 2.57. The van der Waals surface area contributed by atoms with Crippen molar-refractivity contribution in [3.63, 3.8) is 0 Å². The van der Waals surface area contributed by atoms with E-state index in [4.69, 9.17) is 5.73 Å². The van der Waals surface area contributed by atoms with E-state index in [0.29, 0.717) is 6.04 Å². The minimum absolute atomic E-state index is 0.397. The summed E-state index contributed by atoms with van der Waals surface area (Å²) in [5, 5.41) is 0. The zero-order chi connectivity index (χ0) is 14.1. The Labute approximate surface area is 122 Å². The summed E-state index contributed by atoms with van der Waals surface area (Å²) in [7, 11) is 2.18. The van der Waals surface area contributed by atoms with Crippen molar-refractivity contribution in [1.82, 2.24) is 4.90 Å². The highest BCUT2D eigenvalue weighted by Crippen LogP contribution is 2.32. The van der Waals surface area contributed by atoms with Crippen LogP contribution in [0.15, 0.2) is 18.2 Å². The number of benzene rings is 1. The zero-order valence-electron chi connectivity index (χ0n) is 12.8. The maximum Gasteiger partial charge on any atom is 0.0470 e. The fourth-order valence-electron chi connectivity index (χ4n) is 3.80. The number of nitrogens with two attached hydrogens (primary N) is 1. The highest BCUT2D eigenvalue weighted by atomic mass is 15.2. The van der Waals surface area contributed by atoms with Crippen LogP contribution in [0.3, 0.4) is 0 Å². The molecule has 0 saturated carbocycles. The van der Waals surface area contributed by atoms with Gasteiger partial charge >= 0.3 is 0 Å². The fraction of sp³-hybridized carbons (Fsp3) is 0.647. The molecular weight excluding hydrogens is 246 g/mol. The Morgan fingerprint density at radius 1 is 1.35 bits per heavy atom. The van der Waals surface area contributed by atoms with Gasteiger partial charge in [-0.25, -0.2) is 0 Å². The third-order valence-corrected chi connectivity index (χ3v) is 4.97. The molecule has 0 aliphatic carbocycles. The van der Waals surface area contributed by atoms with Gasteiger partial charge in [-0.1, -0.05) is 19.1 Å². The minimum Gasteiger partial charge on any atom is -0.374 e. The zero-order valence-corrected chi connectivity index (χ0v) is 12.8. The number of likely N-dealkylation sites (N-methyl/N-ethyl adjacent to an activating group) is 1. The Morgan fingerprint density at radius 3 is 2.95 bits per heavy atom. The number of fused-ring (bicyclic) bond motifs is 1. The summed E-state index contributed by atoms with van der Waals surface area (Å²) in [5.74, 6) is 0.804. The van der Waals surface area contributed by atoms with E-state index in [2.05, 4.69) is 42.0 Å². The topological polar surface area (TPSA) is 32.5 Å². The van der Waals surface area contributed by atoms with Gasteiger partial charge < -0.3 is 10.6 Å². The summed E-state index contributed by atoms with van der Waals surface area (Å²) in [6.45, 7) is 6.62. The fourth-order valence-corrected chi connectivity index (χ4v) is 3.80. The van der Waals surface area contributed by atoms with E-state index < -0.39 is 0 Å². The van der Waals surface area contributed by atoms with E-state index in [-0.39, 0.29) is 0 Å². The second-order valence-electron chi connectivity index (χ2n) is 6.55. The summed E-state index contributed by atoms with van der Waals surface area (Å²) in [6, 6.07) is 7.37. The average molecular weight is 273 g/mol. The SMILES string of the molecule is CC1CCCN(C(CN)c2ccc3c(c2)CCN3C)C1. The minimum atomic E-state index is 0.397. The second kappa shape index (κ2) is 5.74. The first-order valence-corrected chi connectivity index (χ1v) is 7.97. The summed E-state index contributed by atoms with van der Waals surface area (Å²) >= 11 is 0. The van der Waals surface area contributed by atoms with Crippen LogP contribution in [0.5, 0.6) is 0 Å². The van der Waals surface area contributed by atoms with Crippen molar-refractivity contribution < 1.29 is 0 Å². The second-order valence-corrected chi connectivity index (χ2v) is 6.55. The predicted molar refractivity (Wildman–Crippen MR) is 85.2 cm³/mol. The molecule has 20 heavy (non-hydrogen) atoms. The largest absolute Gasteiger partial charge is 0.374 e. The maximum atomic E-state index is 6.10. The molecule has 2 atom stereocenters. The molecule has 3 heteroatoms. The molecule has 0 radical (unpaired) electrons. The first kappa shape index (κ1) is 13.9. The molecule has 0 amide bonds. The van der Waals surface area contributed by atoms with Gasteiger partial charge in [0.2, 0.25) is 0 Å². The van der Waals surface area contributed by atoms with Gasteiger partial charge in [-0.2, -0.15) is 0 Å². The van der Waals surface area contributed by atoms with Gasteiger partial charge in [0.25, 0.3) is 0 Å². The van der Waals surface area contributed by atoms with E-state index in [0.717, 1.165) is 19.0 Å². The van der Waals surface area contributed by atoms with Gasteiger partial charge in [0, 0.05) is 38.4 Å². The maximum absolute atomic E-state index is 6.10. The normalized spacial score (nSPS) is 24.8. The lowest BCUT2D eigenvalue weighted by atomic mass is 9.95. The number of rotatable bonds is 3. The molecule has 1 fully saturated rings. The first-order valence-electron chi connectivity index (χ1n) is 7.97. The molecule has 2 unspecified atom stereocenters. The number of piperidine rings is 1. The van der Waals surface area contributed by atoms with Crippen LogP contribution in [0, 0.1) is 5.92 Å². The number of hydrogen-bond donors (Lipinski definition) is 1. The number of anilines is 1. The van der Waals surface area contributed by atoms with E-state index in [9.17, 15) is 0 Å². The van der Waals surface area contributed by atoms with Crippen LogP contribution in [0.25, 0.3) is 0 Å². The van der Waals surface area contributed by atoms with Gasteiger partial charge in [0.15, 0.2) is 0 Å². The monoisotopic (exact) mass is 273 g/mol. The molecule has 3 nitrogen and oxygen atoms in total. The summed E-state index contributed by atoms with van der Waals surface area (Å²) < 4.78 is 0. The number of likely N-dealkylation sites (tertiary alicyclic amines) is 1. The van der Waals surface area contributed by atoms with Crippen molar-refractivity contribution in [2.75, 3.05) is 38.1 Å². The van der Waals surface area contributed by atoms with Crippen LogP contribution in [0.1, 0.15) is 36.9 Å². The molecule has 2 heterocycles. The van der Waals surface area contributed by atoms with Crippen molar-refractivity contribution >= 4 is 5.69 Å². The van der Waals surface area contributed by atoms with Crippen LogP contribution in [0.2, 0.25) is 0 Å². The lowest BCUT2D eigenvalue weighted by Gasteiger charge is -2.37. The van der Waals surface area contributed by atoms with E-state index in [1.807, 2.05) is 0 Å². The highest BCUT2D eigenvalue weighted by molar-refractivity contribution is 5.58. The van der Waals surface area contributed by atoms with Crippen molar-refractivity contribution in [1.29, 1.82) is 0 Å². The van der Waals surface area contributed by atoms with Crippen molar-refractivity contribution in [3.05, 3.63) is 29.3 Å². The van der Waals surface area contributed by atoms with Crippen LogP contribution < -0.4 is 10.6 Å². The van der Waals surface area contributed by atoms with Crippen molar-refractivity contribution in [2.24, 2.45) is 11.7 Å². The Bertz CT molecular complexity index is 471. The Morgan fingerprint density at radius 2 is 2.20 bits per heavy atom. The number of hydrogen-bond acceptors (Lipinski definition) is 3. The Balaban J connectivity index is 1.82. The molecule has 0 spiro atoms. The standard InChI is InChI=1S/C17H27N3/c1-13-4-3-8-20(12-13)17(11-18)14-5-6-16-15(10-14)7-9-19(16)2/h5-6,10,13,17H,3-4,7-9,11-12,18H2,1-2H3. The van der Waals surface area contributed by atoms with Gasteiger partial charge in [0.05, 0.1) is 0 Å². The summed E-state index contributed by atoms with van der Waals surface area (Å²) in [5.41, 5.74) is 10.4. The Hall–Kier alpha value is -1.06. The van der Waals surface area contributed by atoms with Gasteiger partial charge in [-0.15, -0.1) is 0 Å². The molecule has 0 aromatic heterocycles. The van der Waals surface area contributed by atoms with E-state index >= 15 is 0 Å². The van der Waals surface area contributed by atoms with E-state index in [1.54, 1.807) is 0 Å². The van der Waals surface area contributed by atoms with Crippen LogP contribution in [-0.2, 0) is 6.42 Å². The lowest BCUT2D eigenvalue weighted by Crippen LogP contribution is -2.40. The molecular formula is C17H27N3. The molecule has 1 aromatic rings. The lowest BCUT2D eigenvalue weighted by molar-refractivity contribution is 0.133. The van der Waals surface area contributed by atoms with Gasteiger partial charge in [-0.05, 0) is 48.9 Å². The van der Waals surface area contributed by atoms with Gasteiger partial charge in [0.1, 0.15) is 0 Å². The smallest absolute Gasteiger partial charge is 0.0470 e. The molecule has 3 rings (SSSR count). The van der Waals surface area contributed by atoms with Gasteiger partial charge in [-0.3, -0.25) is 4.90 Å². The molecule has 0 bridgehead atoms. The van der Waals surface area contributed by atoms with Crippen molar-refractivity contribution in [2.45, 2.75) is 32.2 Å². The Kier molecular flexibility index (Phi) is 3.99. The molecule has 2 N–H and O–H groups in total. The predicted octanol–water partition coefficient (Wildman–Crippen LogP) is 2.41. The number of nitrogens with zero attached hydrogens (tertiary/aromatic N) is 2. The quantitative estimate of drug-likeness (QED) is 0.918. The molecule has 2 aliphatic heterocycles. The van der Waals surface area contributed by atoms with Crippen LogP contribution in [0.4, 0.5) is 5.69 Å². The van der Waals surface area contributed by atoms with Crippen molar-refractivity contribution in [3.8, 4) is 0 Å². The third-order valence-electron chi connectivity index (χ3n) is 4.97. The summed E-state index contributed by atoms with van der Waals surface area (Å²) in [6.07, 6.45) is 3.85. The molecule has 1 aromatic carbocycles. The summed E-state index contributed by atoms with van der Waals surface area (Å²) in [4.78, 5) is 4.94. The molecule has 110 valence electrons. The first-order chi connectivity index (χ1) is 9.69. The van der Waals surface area contributed by atoms with Crippen LogP contribution >= 0.6 is 0 Å².